The molecule has 0 saturated heterocycles. The summed E-state index contributed by atoms with van der Waals surface area (Å²) in [6.07, 6.45) is 1.42. The molecule has 5 aromatic rings. The standard InChI is InChI=1S/C22H16N6O3/c1-31-14-10-8-13(9-11-14)19-26-20-15-5-4-7-17(29)18(15)25-22(28(20)27-19)24-16-6-2-3-12-23-21(16)30/h2-12,29H,1H3,(H,23,24,25,30). The van der Waals surface area contributed by atoms with E-state index in [0.29, 0.717) is 22.4 Å². The third-order valence-electron chi connectivity index (χ3n) is 4.76. The highest BCUT2D eigenvalue weighted by atomic mass is 16.5. The predicted octanol–water partition coefficient (Wildman–Crippen LogP) is 3.16. The number of phenolic OH excluding ortho intramolecular Hbond substituents is 1. The molecule has 0 unspecified atom stereocenters. The summed E-state index contributed by atoms with van der Waals surface area (Å²) in [6.45, 7) is 0. The average molecular weight is 412 g/mol. The highest BCUT2D eigenvalue weighted by Gasteiger charge is 2.17. The second kappa shape index (κ2) is 7.38. The number of phenols is 1. The minimum Gasteiger partial charge on any atom is -0.506 e. The van der Waals surface area contributed by atoms with Gasteiger partial charge in [0, 0.05) is 17.1 Å². The van der Waals surface area contributed by atoms with E-state index >= 15 is 0 Å². The number of anilines is 2. The molecule has 3 heterocycles. The van der Waals surface area contributed by atoms with Crippen molar-refractivity contribution in [2.75, 3.05) is 12.4 Å². The van der Waals surface area contributed by atoms with Gasteiger partial charge in [0.05, 0.1) is 7.11 Å². The normalized spacial score (nSPS) is 11.0. The van der Waals surface area contributed by atoms with Gasteiger partial charge in [-0.2, -0.15) is 4.52 Å². The molecule has 0 atom stereocenters. The first kappa shape index (κ1) is 18.5. The van der Waals surface area contributed by atoms with E-state index < -0.39 is 5.56 Å². The van der Waals surface area contributed by atoms with Gasteiger partial charge in [-0.25, -0.2) is 15.0 Å². The van der Waals surface area contributed by atoms with Crippen molar-refractivity contribution in [3.05, 3.63) is 77.2 Å². The summed E-state index contributed by atoms with van der Waals surface area (Å²) in [4.78, 5) is 25.3. The van der Waals surface area contributed by atoms with Crippen LogP contribution in [0.3, 0.4) is 0 Å². The summed E-state index contributed by atoms with van der Waals surface area (Å²) in [6, 6.07) is 17.3. The van der Waals surface area contributed by atoms with Gasteiger partial charge in [0.15, 0.2) is 11.5 Å². The quantitative estimate of drug-likeness (QED) is 0.463. The summed E-state index contributed by atoms with van der Waals surface area (Å²) < 4.78 is 6.72. The van der Waals surface area contributed by atoms with E-state index in [4.69, 9.17) is 4.74 Å². The minimum atomic E-state index is -0.451. The third-order valence-corrected chi connectivity index (χ3v) is 4.76. The van der Waals surface area contributed by atoms with Crippen LogP contribution in [0.5, 0.6) is 11.5 Å². The Morgan fingerprint density at radius 1 is 1.00 bits per heavy atom. The summed E-state index contributed by atoms with van der Waals surface area (Å²) in [7, 11) is 1.60. The van der Waals surface area contributed by atoms with Gasteiger partial charge < -0.3 is 15.2 Å². The maximum atomic E-state index is 12.3. The monoisotopic (exact) mass is 412 g/mol. The van der Waals surface area contributed by atoms with E-state index in [2.05, 4.69) is 25.4 Å². The summed E-state index contributed by atoms with van der Waals surface area (Å²) in [5, 5.41) is 18.6. The number of aromatic nitrogens is 5. The number of fused-ring (bicyclic) bond motifs is 3. The molecule has 9 heteroatoms. The molecule has 0 aliphatic heterocycles. The van der Waals surface area contributed by atoms with Gasteiger partial charge in [-0.15, -0.1) is 5.10 Å². The van der Waals surface area contributed by atoms with Crippen LogP contribution in [0.4, 0.5) is 11.6 Å². The van der Waals surface area contributed by atoms with Crippen LogP contribution in [-0.4, -0.2) is 36.8 Å². The molecule has 2 aromatic carbocycles. The lowest BCUT2D eigenvalue weighted by Gasteiger charge is -2.08. The molecule has 2 N–H and O–H groups in total. The van der Waals surface area contributed by atoms with E-state index in [0.717, 1.165) is 11.3 Å². The Hall–Kier alpha value is -4.53. The van der Waals surface area contributed by atoms with Gasteiger partial charge in [-0.05, 0) is 48.5 Å². The van der Waals surface area contributed by atoms with Crippen molar-refractivity contribution in [2.45, 2.75) is 0 Å². The predicted molar refractivity (Wildman–Crippen MR) is 116 cm³/mol. The van der Waals surface area contributed by atoms with Gasteiger partial charge in [-0.1, -0.05) is 12.1 Å². The largest absolute Gasteiger partial charge is 0.506 e. The number of rotatable bonds is 4. The van der Waals surface area contributed by atoms with Gasteiger partial charge in [0.2, 0.25) is 5.95 Å². The number of ether oxygens (including phenoxy) is 1. The second-order valence-electron chi connectivity index (χ2n) is 6.68. The molecule has 0 spiro atoms. The van der Waals surface area contributed by atoms with Crippen molar-refractivity contribution in [3.63, 3.8) is 0 Å². The minimum absolute atomic E-state index is 0.00358. The highest BCUT2D eigenvalue weighted by Crippen LogP contribution is 2.30. The number of benzene rings is 2. The number of hydrogen-bond acceptors (Lipinski definition) is 8. The van der Waals surface area contributed by atoms with Crippen LogP contribution >= 0.6 is 0 Å². The van der Waals surface area contributed by atoms with Gasteiger partial charge in [0.25, 0.3) is 5.56 Å². The van der Waals surface area contributed by atoms with Crippen molar-refractivity contribution in [2.24, 2.45) is 0 Å². The molecule has 0 saturated carbocycles. The Labute approximate surface area is 175 Å². The third kappa shape index (κ3) is 3.27. The zero-order valence-electron chi connectivity index (χ0n) is 16.4. The maximum Gasteiger partial charge on any atom is 0.293 e. The van der Waals surface area contributed by atoms with Crippen LogP contribution in [0.1, 0.15) is 0 Å². The fourth-order valence-corrected chi connectivity index (χ4v) is 3.23. The molecule has 0 fully saturated rings. The van der Waals surface area contributed by atoms with Crippen LogP contribution < -0.4 is 15.6 Å². The van der Waals surface area contributed by atoms with E-state index in [1.54, 1.807) is 43.5 Å². The molecule has 0 aliphatic carbocycles. The molecule has 0 radical (unpaired) electrons. The smallest absolute Gasteiger partial charge is 0.293 e. The second-order valence-corrected chi connectivity index (χ2v) is 6.68. The molecule has 9 nitrogen and oxygen atoms in total. The first-order valence-corrected chi connectivity index (χ1v) is 9.39. The van der Waals surface area contributed by atoms with Gasteiger partial charge in [0.1, 0.15) is 22.7 Å². The fourth-order valence-electron chi connectivity index (χ4n) is 3.23. The van der Waals surface area contributed by atoms with Crippen molar-refractivity contribution in [3.8, 4) is 22.9 Å². The Morgan fingerprint density at radius 2 is 1.84 bits per heavy atom. The van der Waals surface area contributed by atoms with Crippen LogP contribution in [0.2, 0.25) is 0 Å². The summed E-state index contributed by atoms with van der Waals surface area (Å²) in [5.74, 6) is 1.40. The number of aromatic hydroxyl groups is 1. The lowest BCUT2D eigenvalue weighted by atomic mass is 10.2. The van der Waals surface area contributed by atoms with Gasteiger partial charge in [-0.3, -0.25) is 4.79 Å². The summed E-state index contributed by atoms with van der Waals surface area (Å²) in [5.41, 5.74) is 1.37. The molecule has 0 amide bonds. The molecule has 0 aliphatic rings. The highest BCUT2D eigenvalue weighted by molar-refractivity contribution is 5.96. The molecular weight excluding hydrogens is 396 g/mol. The molecule has 0 bridgehead atoms. The Balaban J connectivity index is 1.75. The molecular formula is C22H16N6O3. The van der Waals surface area contributed by atoms with Crippen molar-refractivity contribution in [1.29, 1.82) is 0 Å². The van der Waals surface area contributed by atoms with Crippen molar-refractivity contribution >= 4 is 28.2 Å². The molecule has 5 rings (SSSR count). The maximum absolute atomic E-state index is 12.3. The van der Waals surface area contributed by atoms with Crippen LogP contribution in [-0.2, 0) is 0 Å². The van der Waals surface area contributed by atoms with E-state index in [9.17, 15) is 9.90 Å². The lowest BCUT2D eigenvalue weighted by molar-refractivity contribution is 0.415. The average Bonchev–Trinajstić information content (AvgIpc) is 3.15. The van der Waals surface area contributed by atoms with Crippen LogP contribution in [0, 0.1) is 0 Å². The van der Waals surface area contributed by atoms with Crippen molar-refractivity contribution in [1.82, 2.24) is 24.6 Å². The zero-order valence-corrected chi connectivity index (χ0v) is 16.4. The first-order valence-electron chi connectivity index (χ1n) is 9.39. The zero-order chi connectivity index (χ0) is 21.4. The number of methoxy groups -OCH3 is 1. The topological polar surface area (TPSA) is 115 Å². The Bertz CT molecular complexity index is 1480. The Kier molecular flexibility index (Phi) is 4.40. The number of hydrogen-bond donors (Lipinski definition) is 2. The molecule has 31 heavy (non-hydrogen) atoms. The molecule has 152 valence electrons. The summed E-state index contributed by atoms with van der Waals surface area (Å²) >= 11 is 0. The number of nitrogens with zero attached hydrogens (tertiary/aromatic N) is 5. The molecule has 3 aromatic heterocycles. The van der Waals surface area contributed by atoms with E-state index in [1.807, 2.05) is 24.3 Å². The van der Waals surface area contributed by atoms with Gasteiger partial charge >= 0.3 is 0 Å². The fraction of sp³-hybridized carbons (Fsp3) is 0.0455. The first-order chi connectivity index (χ1) is 15.1. The SMILES string of the molecule is COc1ccc(-c2nc3c4cccc(O)c4nc(Nc4ccccnc4=O)n3n2)cc1. The van der Waals surface area contributed by atoms with Crippen molar-refractivity contribution < 1.29 is 9.84 Å². The van der Waals surface area contributed by atoms with E-state index in [1.165, 1.54) is 10.7 Å². The van der Waals surface area contributed by atoms with E-state index in [-0.39, 0.29) is 17.4 Å². The van der Waals surface area contributed by atoms with Crippen LogP contribution in [0.15, 0.2) is 71.7 Å². The lowest BCUT2D eigenvalue weighted by Crippen LogP contribution is -2.11. The number of para-hydroxylation sites is 1. The Morgan fingerprint density at radius 3 is 2.65 bits per heavy atom. The van der Waals surface area contributed by atoms with Crippen LogP contribution in [0.25, 0.3) is 27.9 Å². The number of nitrogens with one attached hydrogen (secondary N) is 1.